The highest BCUT2D eigenvalue weighted by molar-refractivity contribution is 5.76. The van der Waals surface area contributed by atoms with Crippen LogP contribution in [0.15, 0.2) is 0 Å². The Labute approximate surface area is 115 Å². The van der Waals surface area contributed by atoms with Crippen molar-refractivity contribution in [3.05, 3.63) is 0 Å². The molecule has 0 aromatic carbocycles. The summed E-state index contributed by atoms with van der Waals surface area (Å²) in [6.45, 7) is 8.11. The van der Waals surface area contributed by atoms with Gasteiger partial charge in [-0.25, -0.2) is 4.79 Å². The lowest BCUT2D eigenvalue weighted by molar-refractivity contribution is -0.119. The second kappa shape index (κ2) is 7.99. The number of carbonyl (C=O) groups excluding carboxylic acids is 2. The number of nitrogens with two attached hydrogens (primary N) is 1. The van der Waals surface area contributed by atoms with Crippen molar-refractivity contribution in [1.29, 1.82) is 0 Å². The van der Waals surface area contributed by atoms with Crippen LogP contribution in [0.3, 0.4) is 0 Å². The summed E-state index contributed by atoms with van der Waals surface area (Å²) in [6.07, 6.45) is 2.15. The number of hydrogen-bond acceptors (Lipinski definition) is 3. The van der Waals surface area contributed by atoms with Gasteiger partial charge in [-0.15, -0.1) is 0 Å². The SMILES string of the molecule is CC(C)CCCNC(=O)N1CCN(CC(N)=O)CC1. The summed E-state index contributed by atoms with van der Waals surface area (Å²) in [5.74, 6) is 0.362. The maximum absolute atomic E-state index is 11.9. The molecular formula is C13H26N4O2. The minimum atomic E-state index is -0.313. The molecule has 1 rings (SSSR count). The van der Waals surface area contributed by atoms with Gasteiger partial charge in [0.15, 0.2) is 0 Å². The van der Waals surface area contributed by atoms with E-state index in [-0.39, 0.29) is 18.5 Å². The van der Waals surface area contributed by atoms with E-state index < -0.39 is 0 Å². The van der Waals surface area contributed by atoms with Crippen LogP contribution in [0.1, 0.15) is 26.7 Å². The average Bonchev–Trinajstić information content (AvgIpc) is 2.34. The standard InChI is InChI=1S/C13H26N4O2/c1-11(2)4-3-5-15-13(19)17-8-6-16(7-9-17)10-12(14)18/h11H,3-10H2,1-2H3,(H2,14,18)(H,15,19). The molecule has 0 spiro atoms. The minimum absolute atomic E-state index is 0.00230. The number of urea groups is 1. The summed E-state index contributed by atoms with van der Waals surface area (Å²) in [7, 11) is 0. The van der Waals surface area contributed by atoms with Gasteiger partial charge in [-0.1, -0.05) is 13.8 Å². The van der Waals surface area contributed by atoms with Gasteiger partial charge < -0.3 is 16.0 Å². The number of amides is 3. The Morgan fingerprint density at radius 1 is 1.21 bits per heavy atom. The van der Waals surface area contributed by atoms with E-state index in [9.17, 15) is 9.59 Å². The van der Waals surface area contributed by atoms with Gasteiger partial charge in [-0.05, 0) is 18.8 Å². The van der Waals surface area contributed by atoms with Crippen molar-refractivity contribution in [2.75, 3.05) is 39.3 Å². The number of nitrogens with zero attached hydrogens (tertiary/aromatic N) is 2. The molecule has 1 aliphatic rings. The van der Waals surface area contributed by atoms with E-state index in [1.807, 2.05) is 4.90 Å². The summed E-state index contributed by atoms with van der Waals surface area (Å²) < 4.78 is 0. The predicted molar refractivity (Wildman–Crippen MR) is 74.7 cm³/mol. The Morgan fingerprint density at radius 3 is 2.37 bits per heavy atom. The molecule has 0 aliphatic carbocycles. The summed E-state index contributed by atoms with van der Waals surface area (Å²) >= 11 is 0. The van der Waals surface area contributed by atoms with Crippen molar-refractivity contribution in [2.45, 2.75) is 26.7 Å². The maximum Gasteiger partial charge on any atom is 0.317 e. The monoisotopic (exact) mass is 270 g/mol. The third-order valence-electron chi connectivity index (χ3n) is 3.27. The van der Waals surface area contributed by atoms with Crippen molar-refractivity contribution in [1.82, 2.24) is 15.1 Å². The number of primary amides is 1. The Kier molecular flexibility index (Phi) is 6.62. The first-order valence-electron chi connectivity index (χ1n) is 7.02. The van der Waals surface area contributed by atoms with Gasteiger partial charge in [0.05, 0.1) is 6.54 Å². The van der Waals surface area contributed by atoms with Gasteiger partial charge in [-0.2, -0.15) is 0 Å². The van der Waals surface area contributed by atoms with Gasteiger partial charge in [0.25, 0.3) is 0 Å². The lowest BCUT2D eigenvalue weighted by Gasteiger charge is -2.34. The van der Waals surface area contributed by atoms with Crippen molar-refractivity contribution in [3.8, 4) is 0 Å². The lowest BCUT2D eigenvalue weighted by atomic mass is 10.1. The zero-order valence-corrected chi connectivity index (χ0v) is 12.0. The van der Waals surface area contributed by atoms with Crippen molar-refractivity contribution < 1.29 is 9.59 Å². The normalized spacial score (nSPS) is 16.7. The summed E-state index contributed by atoms with van der Waals surface area (Å²) in [5.41, 5.74) is 5.15. The maximum atomic E-state index is 11.9. The Bertz CT molecular complexity index is 299. The number of hydrogen-bond donors (Lipinski definition) is 2. The van der Waals surface area contributed by atoms with Gasteiger partial charge >= 0.3 is 6.03 Å². The van der Waals surface area contributed by atoms with E-state index in [2.05, 4.69) is 19.2 Å². The molecule has 19 heavy (non-hydrogen) atoms. The van der Waals surface area contributed by atoms with Crippen LogP contribution in [0.4, 0.5) is 4.79 Å². The van der Waals surface area contributed by atoms with E-state index in [0.29, 0.717) is 32.1 Å². The highest BCUT2D eigenvalue weighted by Gasteiger charge is 2.21. The summed E-state index contributed by atoms with van der Waals surface area (Å²) in [6, 6.07) is 0.00230. The highest BCUT2D eigenvalue weighted by Crippen LogP contribution is 2.03. The third-order valence-corrected chi connectivity index (χ3v) is 3.27. The molecule has 6 nitrogen and oxygen atoms in total. The molecule has 0 atom stereocenters. The molecule has 0 radical (unpaired) electrons. The first-order valence-corrected chi connectivity index (χ1v) is 7.02. The van der Waals surface area contributed by atoms with Crippen LogP contribution in [0.25, 0.3) is 0 Å². The molecule has 1 saturated heterocycles. The topological polar surface area (TPSA) is 78.7 Å². The minimum Gasteiger partial charge on any atom is -0.369 e. The van der Waals surface area contributed by atoms with Crippen LogP contribution >= 0.6 is 0 Å². The molecule has 0 bridgehead atoms. The van der Waals surface area contributed by atoms with Crippen LogP contribution in [-0.2, 0) is 4.79 Å². The fourth-order valence-corrected chi connectivity index (χ4v) is 2.15. The molecule has 110 valence electrons. The quantitative estimate of drug-likeness (QED) is 0.678. The van der Waals surface area contributed by atoms with Crippen LogP contribution < -0.4 is 11.1 Å². The van der Waals surface area contributed by atoms with Crippen LogP contribution in [-0.4, -0.2) is 61.0 Å². The molecular weight excluding hydrogens is 244 g/mol. The van der Waals surface area contributed by atoms with E-state index in [4.69, 9.17) is 5.73 Å². The summed E-state index contributed by atoms with van der Waals surface area (Å²) in [4.78, 5) is 26.5. The fraction of sp³-hybridized carbons (Fsp3) is 0.846. The third kappa shape index (κ3) is 6.42. The summed E-state index contributed by atoms with van der Waals surface area (Å²) in [5, 5.41) is 2.94. The van der Waals surface area contributed by atoms with E-state index in [0.717, 1.165) is 19.4 Å². The lowest BCUT2D eigenvalue weighted by Crippen LogP contribution is -2.53. The molecule has 1 heterocycles. The predicted octanol–water partition coefficient (Wildman–Crippen LogP) is 0.235. The zero-order chi connectivity index (χ0) is 14.3. The molecule has 1 fully saturated rings. The molecule has 0 unspecified atom stereocenters. The number of piperazine rings is 1. The fourth-order valence-electron chi connectivity index (χ4n) is 2.15. The highest BCUT2D eigenvalue weighted by atomic mass is 16.2. The van der Waals surface area contributed by atoms with E-state index >= 15 is 0 Å². The Morgan fingerprint density at radius 2 is 1.84 bits per heavy atom. The molecule has 0 saturated carbocycles. The average molecular weight is 270 g/mol. The molecule has 6 heteroatoms. The second-order valence-electron chi connectivity index (χ2n) is 5.50. The smallest absolute Gasteiger partial charge is 0.317 e. The van der Waals surface area contributed by atoms with Crippen LogP contribution in [0, 0.1) is 5.92 Å². The van der Waals surface area contributed by atoms with Crippen molar-refractivity contribution in [2.24, 2.45) is 11.7 Å². The molecule has 3 N–H and O–H groups in total. The van der Waals surface area contributed by atoms with Gasteiger partial charge in [0, 0.05) is 32.7 Å². The van der Waals surface area contributed by atoms with Crippen LogP contribution in [0.2, 0.25) is 0 Å². The Hall–Kier alpha value is -1.30. The first-order chi connectivity index (χ1) is 8.99. The van der Waals surface area contributed by atoms with Crippen molar-refractivity contribution >= 4 is 11.9 Å². The van der Waals surface area contributed by atoms with Crippen molar-refractivity contribution in [3.63, 3.8) is 0 Å². The molecule has 0 aromatic heterocycles. The first kappa shape index (κ1) is 15.8. The number of carbonyl (C=O) groups is 2. The molecule has 1 aliphatic heterocycles. The van der Waals surface area contributed by atoms with Crippen LogP contribution in [0.5, 0.6) is 0 Å². The van der Waals surface area contributed by atoms with E-state index in [1.165, 1.54) is 0 Å². The zero-order valence-electron chi connectivity index (χ0n) is 12.0. The van der Waals surface area contributed by atoms with Gasteiger partial charge in [0.1, 0.15) is 0 Å². The van der Waals surface area contributed by atoms with Gasteiger partial charge in [-0.3, -0.25) is 9.69 Å². The molecule has 0 aromatic rings. The number of nitrogens with one attached hydrogen (secondary N) is 1. The number of rotatable bonds is 6. The Balaban J connectivity index is 2.16. The second-order valence-corrected chi connectivity index (χ2v) is 5.50. The van der Waals surface area contributed by atoms with E-state index in [1.54, 1.807) is 4.90 Å². The largest absolute Gasteiger partial charge is 0.369 e. The van der Waals surface area contributed by atoms with Gasteiger partial charge in [0.2, 0.25) is 5.91 Å². The molecule has 3 amide bonds.